The maximum Gasteiger partial charge on any atom is 0.220 e. The fraction of sp³-hybridized carbons (Fsp3) is 0.966. The summed E-state index contributed by atoms with van der Waals surface area (Å²) < 4.78 is 0. The molecule has 0 spiro atoms. The van der Waals surface area contributed by atoms with Gasteiger partial charge in [0.1, 0.15) is 0 Å². The van der Waals surface area contributed by atoms with Gasteiger partial charge in [-0.25, -0.2) is 0 Å². The van der Waals surface area contributed by atoms with Crippen LogP contribution in [0.2, 0.25) is 0 Å². The fourth-order valence-electron chi connectivity index (χ4n) is 9.59. The van der Waals surface area contributed by atoms with Gasteiger partial charge in [-0.3, -0.25) is 19.4 Å². The maximum absolute atomic E-state index is 12.8. The van der Waals surface area contributed by atoms with E-state index >= 15 is 0 Å². The molecule has 0 aliphatic heterocycles. The lowest BCUT2D eigenvalue weighted by Crippen LogP contribution is -2.40. The van der Waals surface area contributed by atoms with E-state index in [2.05, 4.69) is 48.1 Å². The van der Waals surface area contributed by atoms with E-state index < -0.39 is 24.4 Å². The summed E-state index contributed by atoms with van der Waals surface area (Å²) in [6.45, 7) is 13.5. The van der Waals surface area contributed by atoms with Gasteiger partial charge < -0.3 is 31.1 Å². The van der Waals surface area contributed by atoms with Crippen molar-refractivity contribution in [1.29, 1.82) is 0 Å². The predicted molar refractivity (Wildman–Crippen MR) is 290 cm³/mol. The van der Waals surface area contributed by atoms with Gasteiger partial charge in [-0.15, -0.1) is 0 Å². The largest absolute Gasteiger partial charge is 0.392 e. The maximum atomic E-state index is 12.8. The molecule has 68 heavy (non-hydrogen) atoms. The van der Waals surface area contributed by atoms with E-state index in [-0.39, 0.29) is 24.7 Å². The summed E-state index contributed by atoms with van der Waals surface area (Å²) in [5.74, 6) is -0.281. The molecule has 10 heteroatoms. The molecule has 4 unspecified atom stereocenters. The third kappa shape index (κ3) is 48.3. The molecule has 0 aliphatic rings. The van der Waals surface area contributed by atoms with Crippen molar-refractivity contribution >= 4 is 11.8 Å². The van der Waals surface area contributed by atoms with Crippen LogP contribution in [0.4, 0.5) is 0 Å². The Labute approximate surface area is 422 Å². The van der Waals surface area contributed by atoms with Crippen molar-refractivity contribution in [3.8, 4) is 0 Å². The summed E-state index contributed by atoms with van der Waals surface area (Å²) in [7, 11) is 0. The number of unbranched alkanes of at least 4 members (excludes halogenated alkanes) is 28. The normalized spacial score (nSPS) is 13.6. The summed E-state index contributed by atoms with van der Waals surface area (Å²) in [6.07, 6.45) is 42.8. The molecule has 10 nitrogen and oxygen atoms in total. The molecule has 4 atom stereocenters. The summed E-state index contributed by atoms with van der Waals surface area (Å²) in [4.78, 5) is 29.9. The molecule has 0 heterocycles. The molecule has 0 aromatic carbocycles. The van der Waals surface area contributed by atoms with Crippen LogP contribution in [0, 0.1) is 0 Å². The highest BCUT2D eigenvalue weighted by atomic mass is 16.3. The standard InChI is InChI=1S/C58H118N4O6/c1-5-9-13-17-21-25-29-33-39-53(63)49-61(50-54(64)40-34-30-26-22-18-14-10-6-2)47-37-45-59-57(67)43-44-58(68)60-46-38-48-62(51-55(65)41-35-31-27-23-19-15-11-7-3)52-56(66)42-36-32-28-24-20-16-12-8-4/h53-56,63-66H,5-52H2,1-4H3,(H,59,67)(H,60,68). The van der Waals surface area contributed by atoms with Crippen LogP contribution in [0.3, 0.4) is 0 Å². The Hall–Kier alpha value is -1.30. The molecule has 0 saturated heterocycles. The number of hydrogen-bond donors (Lipinski definition) is 6. The molecule has 0 radical (unpaired) electrons. The molecule has 0 fully saturated rings. The fourth-order valence-corrected chi connectivity index (χ4v) is 9.59. The lowest BCUT2D eigenvalue weighted by Gasteiger charge is -2.27. The first-order valence-corrected chi connectivity index (χ1v) is 29.8. The van der Waals surface area contributed by atoms with Gasteiger partial charge >= 0.3 is 0 Å². The molecule has 6 N–H and O–H groups in total. The highest BCUT2D eigenvalue weighted by Gasteiger charge is 2.18. The van der Waals surface area contributed by atoms with Gasteiger partial charge in [-0.05, 0) is 38.5 Å². The van der Waals surface area contributed by atoms with Crippen LogP contribution in [0.5, 0.6) is 0 Å². The second-order valence-electron chi connectivity index (χ2n) is 21.1. The van der Waals surface area contributed by atoms with E-state index in [9.17, 15) is 30.0 Å². The number of aliphatic hydroxyl groups excluding tert-OH is 4. The van der Waals surface area contributed by atoms with Crippen LogP contribution >= 0.6 is 0 Å². The number of nitrogens with zero attached hydrogens (tertiary/aromatic N) is 2. The first-order chi connectivity index (χ1) is 33.1. The zero-order chi connectivity index (χ0) is 50.0. The topological polar surface area (TPSA) is 146 Å². The van der Waals surface area contributed by atoms with Crippen LogP contribution in [0.15, 0.2) is 0 Å². The monoisotopic (exact) mass is 967 g/mol. The Bertz CT molecular complexity index is 918. The number of carbonyl (C=O) groups is 2. The van der Waals surface area contributed by atoms with Crippen molar-refractivity contribution in [2.24, 2.45) is 0 Å². The Morgan fingerprint density at radius 3 is 0.750 bits per heavy atom. The number of amides is 2. The molecule has 0 bridgehead atoms. The Balaban J connectivity index is 4.78. The zero-order valence-electron chi connectivity index (χ0n) is 45.8. The summed E-state index contributed by atoms with van der Waals surface area (Å²) in [5, 5.41) is 49.8. The zero-order valence-corrected chi connectivity index (χ0v) is 45.8. The molecule has 0 aromatic heterocycles. The van der Waals surface area contributed by atoms with E-state index in [0.717, 1.165) is 77.0 Å². The molecule has 0 saturated carbocycles. The SMILES string of the molecule is CCCCCCCCCCC(O)CN(CCCNC(=O)CCC(=O)NCCCN(CC(O)CCCCCCCCCC)CC(O)CCCCCCCCCC)CC(O)CCCCCCCCCC. The van der Waals surface area contributed by atoms with E-state index in [4.69, 9.17) is 0 Å². The van der Waals surface area contributed by atoms with Gasteiger partial charge in [0, 0.05) is 65.2 Å². The van der Waals surface area contributed by atoms with Crippen LogP contribution in [0.25, 0.3) is 0 Å². The average molecular weight is 968 g/mol. The summed E-state index contributed by atoms with van der Waals surface area (Å²) >= 11 is 0. The Kier molecular flexibility index (Phi) is 51.0. The minimum absolute atomic E-state index is 0.131. The van der Waals surface area contributed by atoms with Gasteiger partial charge in [0.2, 0.25) is 11.8 Å². The van der Waals surface area contributed by atoms with Crippen molar-refractivity contribution in [2.45, 2.75) is 309 Å². The number of aliphatic hydroxyl groups is 4. The number of rotatable bonds is 55. The molecule has 2 amide bonds. The molecule has 0 aromatic rings. The molecular formula is C58H118N4O6. The van der Waals surface area contributed by atoms with E-state index in [1.807, 2.05) is 0 Å². The molecule has 0 aliphatic carbocycles. The predicted octanol–water partition coefficient (Wildman–Crippen LogP) is 12.9. The van der Waals surface area contributed by atoms with Gasteiger partial charge in [0.15, 0.2) is 0 Å². The number of carbonyl (C=O) groups excluding carboxylic acids is 2. The third-order valence-corrected chi connectivity index (χ3v) is 14.0. The Morgan fingerprint density at radius 2 is 0.529 bits per heavy atom. The van der Waals surface area contributed by atoms with Crippen molar-refractivity contribution in [1.82, 2.24) is 20.4 Å². The molecule has 406 valence electrons. The van der Waals surface area contributed by atoms with Crippen molar-refractivity contribution in [2.75, 3.05) is 52.4 Å². The Morgan fingerprint density at radius 1 is 0.324 bits per heavy atom. The summed E-state index contributed by atoms with van der Waals surface area (Å²) in [5.41, 5.74) is 0. The molecule has 0 rings (SSSR count). The van der Waals surface area contributed by atoms with Crippen molar-refractivity contribution in [3.05, 3.63) is 0 Å². The highest BCUT2D eigenvalue weighted by molar-refractivity contribution is 5.83. The number of hydrogen-bond acceptors (Lipinski definition) is 8. The lowest BCUT2D eigenvalue weighted by atomic mass is 10.0. The minimum atomic E-state index is -0.422. The first-order valence-electron chi connectivity index (χ1n) is 29.8. The average Bonchev–Trinajstić information content (AvgIpc) is 3.31. The van der Waals surface area contributed by atoms with Gasteiger partial charge in [-0.1, -0.05) is 233 Å². The van der Waals surface area contributed by atoms with Crippen LogP contribution in [0.1, 0.15) is 285 Å². The van der Waals surface area contributed by atoms with Crippen molar-refractivity contribution < 1.29 is 30.0 Å². The van der Waals surface area contributed by atoms with Gasteiger partial charge in [0.25, 0.3) is 0 Å². The lowest BCUT2D eigenvalue weighted by molar-refractivity contribution is -0.126. The quantitative estimate of drug-likeness (QED) is 0.0331. The van der Waals surface area contributed by atoms with Crippen LogP contribution in [-0.4, -0.2) is 119 Å². The smallest absolute Gasteiger partial charge is 0.220 e. The second-order valence-corrected chi connectivity index (χ2v) is 21.1. The molecular weight excluding hydrogens is 849 g/mol. The highest BCUT2D eigenvalue weighted by Crippen LogP contribution is 2.16. The van der Waals surface area contributed by atoms with E-state index in [0.29, 0.717) is 65.2 Å². The van der Waals surface area contributed by atoms with Crippen LogP contribution in [-0.2, 0) is 9.59 Å². The van der Waals surface area contributed by atoms with E-state index in [1.165, 1.54) is 154 Å². The van der Waals surface area contributed by atoms with Crippen LogP contribution < -0.4 is 10.6 Å². The third-order valence-electron chi connectivity index (χ3n) is 14.0. The second kappa shape index (κ2) is 52.0. The van der Waals surface area contributed by atoms with Crippen molar-refractivity contribution in [3.63, 3.8) is 0 Å². The number of nitrogens with one attached hydrogen (secondary N) is 2. The van der Waals surface area contributed by atoms with Gasteiger partial charge in [0.05, 0.1) is 24.4 Å². The van der Waals surface area contributed by atoms with E-state index in [1.54, 1.807) is 0 Å². The van der Waals surface area contributed by atoms with Gasteiger partial charge in [-0.2, -0.15) is 0 Å². The minimum Gasteiger partial charge on any atom is -0.392 e. The summed E-state index contributed by atoms with van der Waals surface area (Å²) in [6, 6.07) is 0. The first kappa shape index (κ1) is 66.7.